The van der Waals surface area contributed by atoms with Gasteiger partial charge in [0.1, 0.15) is 11.8 Å². The highest BCUT2D eigenvalue weighted by molar-refractivity contribution is 5.87. The molecule has 0 saturated carbocycles. The number of phenols is 1. The van der Waals surface area contributed by atoms with Crippen molar-refractivity contribution in [3.63, 3.8) is 0 Å². The molecule has 0 aliphatic rings. The maximum atomic E-state index is 12.3. The van der Waals surface area contributed by atoms with E-state index >= 15 is 0 Å². The number of benzene rings is 1. The molecule has 9 nitrogen and oxygen atoms in total. The number of primary amides is 1. The minimum absolute atomic E-state index is 0.0236. The van der Waals surface area contributed by atoms with E-state index in [1.807, 2.05) is 0 Å². The van der Waals surface area contributed by atoms with Crippen molar-refractivity contribution in [2.24, 2.45) is 11.5 Å². The Labute approximate surface area is 159 Å². The first-order valence-electron chi connectivity index (χ1n) is 8.93. The molecule has 0 fully saturated rings. The fourth-order valence-electron chi connectivity index (χ4n) is 2.65. The van der Waals surface area contributed by atoms with Crippen LogP contribution in [-0.4, -0.2) is 48.6 Å². The highest BCUT2D eigenvalue weighted by Crippen LogP contribution is 2.12. The molecule has 9 heteroatoms. The van der Waals surface area contributed by atoms with Crippen molar-refractivity contribution in [3.05, 3.63) is 29.8 Å². The number of carbonyl (C=O) groups is 2. The van der Waals surface area contributed by atoms with E-state index in [1.54, 1.807) is 19.2 Å². The van der Waals surface area contributed by atoms with Crippen molar-refractivity contribution >= 4 is 17.8 Å². The third-order valence-corrected chi connectivity index (χ3v) is 4.19. The molecule has 2 amide bonds. The predicted molar refractivity (Wildman–Crippen MR) is 104 cm³/mol. The van der Waals surface area contributed by atoms with Crippen LogP contribution in [0.1, 0.15) is 31.2 Å². The summed E-state index contributed by atoms with van der Waals surface area (Å²) in [5, 5.41) is 24.9. The molecule has 0 aromatic heterocycles. The molecule has 1 aromatic rings. The van der Waals surface area contributed by atoms with Crippen LogP contribution in [0, 0.1) is 5.41 Å². The van der Waals surface area contributed by atoms with E-state index in [0.29, 0.717) is 6.54 Å². The van der Waals surface area contributed by atoms with E-state index in [2.05, 4.69) is 16.0 Å². The lowest BCUT2D eigenvalue weighted by atomic mass is 10.0. The average molecular weight is 378 g/mol. The predicted octanol–water partition coefficient (Wildman–Crippen LogP) is -0.464. The number of amides is 2. The monoisotopic (exact) mass is 378 g/mol. The van der Waals surface area contributed by atoms with Gasteiger partial charge in [-0.05, 0) is 37.6 Å². The van der Waals surface area contributed by atoms with Crippen LogP contribution in [0.2, 0.25) is 0 Å². The van der Waals surface area contributed by atoms with Crippen LogP contribution in [0.5, 0.6) is 5.75 Å². The average Bonchev–Trinajstić information content (AvgIpc) is 2.61. The second kappa shape index (κ2) is 11.7. The summed E-state index contributed by atoms with van der Waals surface area (Å²) >= 11 is 0. The largest absolute Gasteiger partial charge is 0.508 e. The first kappa shape index (κ1) is 22.2. The fraction of sp³-hybridized carbons (Fsp3) is 0.500. The summed E-state index contributed by atoms with van der Waals surface area (Å²) in [7, 11) is 1.79. The molecule has 0 unspecified atom stereocenters. The zero-order valence-corrected chi connectivity index (χ0v) is 15.6. The number of hydrogen-bond donors (Lipinski definition) is 7. The van der Waals surface area contributed by atoms with Crippen LogP contribution >= 0.6 is 0 Å². The number of aromatic hydroxyl groups is 1. The van der Waals surface area contributed by atoms with Gasteiger partial charge in [0.05, 0.1) is 0 Å². The van der Waals surface area contributed by atoms with Crippen LogP contribution in [0.25, 0.3) is 0 Å². The normalized spacial score (nSPS) is 12.8. The van der Waals surface area contributed by atoms with E-state index in [1.165, 1.54) is 12.1 Å². The maximum absolute atomic E-state index is 12.3. The summed E-state index contributed by atoms with van der Waals surface area (Å²) in [6, 6.07) is 5.58. The van der Waals surface area contributed by atoms with Crippen LogP contribution < -0.4 is 27.4 Å². The molecule has 9 N–H and O–H groups in total. The number of phenolic OH excluding ortho intramolecular Hbond substituents is 1. The number of nitrogens with two attached hydrogens (primary N) is 2. The smallest absolute Gasteiger partial charge is 0.240 e. The molecule has 0 heterocycles. The summed E-state index contributed by atoms with van der Waals surface area (Å²) < 4.78 is 0. The van der Waals surface area contributed by atoms with Crippen molar-refractivity contribution in [3.8, 4) is 5.75 Å². The van der Waals surface area contributed by atoms with Gasteiger partial charge in [-0.3, -0.25) is 15.0 Å². The Morgan fingerprint density at radius 2 is 1.85 bits per heavy atom. The Hall–Kier alpha value is -2.81. The Morgan fingerprint density at radius 3 is 2.41 bits per heavy atom. The van der Waals surface area contributed by atoms with Crippen LogP contribution in [-0.2, 0) is 16.0 Å². The summed E-state index contributed by atoms with van der Waals surface area (Å²) in [4.78, 5) is 24.0. The van der Waals surface area contributed by atoms with Gasteiger partial charge in [0, 0.05) is 25.4 Å². The molecule has 0 spiro atoms. The van der Waals surface area contributed by atoms with Crippen molar-refractivity contribution in [2.75, 3.05) is 13.6 Å². The lowest BCUT2D eigenvalue weighted by Crippen LogP contribution is -2.47. The highest BCUT2D eigenvalue weighted by atomic mass is 16.3. The number of rotatable bonds is 12. The number of carbonyl (C=O) groups excluding carboxylic acids is 2. The number of hydrogen-bond acceptors (Lipinski definition) is 5. The quantitative estimate of drug-likeness (QED) is 0.148. The minimum Gasteiger partial charge on any atom is -0.508 e. The topological polar surface area (TPSA) is 166 Å². The lowest BCUT2D eigenvalue weighted by Gasteiger charge is -2.19. The van der Waals surface area contributed by atoms with Gasteiger partial charge in [-0.15, -0.1) is 0 Å². The number of nitrogens with one attached hydrogen (secondary N) is 4. The highest BCUT2D eigenvalue weighted by Gasteiger charge is 2.20. The molecular weight excluding hydrogens is 348 g/mol. The zero-order valence-electron chi connectivity index (χ0n) is 15.6. The molecular formula is C18H30N6O3. The van der Waals surface area contributed by atoms with E-state index in [9.17, 15) is 14.7 Å². The van der Waals surface area contributed by atoms with Gasteiger partial charge >= 0.3 is 0 Å². The van der Waals surface area contributed by atoms with Gasteiger partial charge in [0.25, 0.3) is 0 Å². The lowest BCUT2D eigenvalue weighted by molar-refractivity contribution is -0.127. The standard InChI is InChI=1S/C18H30N6O3/c1-22-13(4-2-3-9-23-18(20)21)11-16(26)24-15(17(19)27)10-12-5-7-14(25)8-6-12/h5-8,13,15,22,25H,2-4,9-11H2,1H3,(H2,19,27)(H,24,26)(H4,20,21,23)/t13-,15-/m0/s1. The number of guanidine groups is 1. The second-order valence-corrected chi connectivity index (χ2v) is 6.42. The molecule has 27 heavy (non-hydrogen) atoms. The summed E-state index contributed by atoms with van der Waals surface area (Å²) in [5.41, 5.74) is 11.4. The molecule has 0 aliphatic heterocycles. The molecule has 1 aromatic carbocycles. The van der Waals surface area contributed by atoms with Gasteiger partial charge in [-0.2, -0.15) is 0 Å². The third kappa shape index (κ3) is 9.45. The molecule has 0 bridgehead atoms. The minimum atomic E-state index is -0.806. The van der Waals surface area contributed by atoms with Crippen molar-refractivity contribution in [1.82, 2.24) is 16.0 Å². The Bertz CT molecular complexity index is 620. The van der Waals surface area contributed by atoms with Crippen molar-refractivity contribution < 1.29 is 14.7 Å². The maximum Gasteiger partial charge on any atom is 0.240 e. The first-order valence-corrected chi connectivity index (χ1v) is 8.93. The van der Waals surface area contributed by atoms with Crippen molar-refractivity contribution in [2.45, 2.75) is 44.2 Å². The van der Waals surface area contributed by atoms with E-state index < -0.39 is 11.9 Å². The molecule has 0 saturated heterocycles. The van der Waals surface area contributed by atoms with E-state index in [0.717, 1.165) is 24.8 Å². The van der Waals surface area contributed by atoms with E-state index in [-0.39, 0.29) is 36.5 Å². The summed E-state index contributed by atoms with van der Waals surface area (Å²) in [6.07, 6.45) is 2.98. The summed E-state index contributed by atoms with van der Waals surface area (Å²) in [5.74, 6) is -0.772. The third-order valence-electron chi connectivity index (χ3n) is 4.19. The molecule has 2 atom stereocenters. The Kier molecular flexibility index (Phi) is 9.66. The van der Waals surface area contributed by atoms with Gasteiger partial charge < -0.3 is 32.5 Å². The molecule has 150 valence electrons. The SMILES string of the molecule is CN[C@@H](CCCCNC(=N)N)CC(=O)N[C@@H](Cc1ccc(O)cc1)C(N)=O. The number of unbranched alkanes of at least 4 members (excludes halogenated alkanes) is 1. The Balaban J connectivity index is 2.45. The molecule has 1 rings (SSSR count). The fourth-order valence-corrected chi connectivity index (χ4v) is 2.65. The Morgan fingerprint density at radius 1 is 1.19 bits per heavy atom. The van der Waals surface area contributed by atoms with Crippen molar-refractivity contribution in [1.29, 1.82) is 5.41 Å². The summed E-state index contributed by atoms with van der Waals surface area (Å²) in [6.45, 7) is 0.619. The van der Waals surface area contributed by atoms with Gasteiger partial charge in [-0.25, -0.2) is 0 Å². The first-order chi connectivity index (χ1) is 12.8. The van der Waals surface area contributed by atoms with Gasteiger partial charge in [0.2, 0.25) is 11.8 Å². The molecule has 0 radical (unpaired) electrons. The van der Waals surface area contributed by atoms with Gasteiger partial charge in [0.15, 0.2) is 5.96 Å². The zero-order chi connectivity index (χ0) is 20.2. The second-order valence-electron chi connectivity index (χ2n) is 6.42. The van der Waals surface area contributed by atoms with Crippen LogP contribution in [0.4, 0.5) is 0 Å². The van der Waals surface area contributed by atoms with Crippen LogP contribution in [0.15, 0.2) is 24.3 Å². The molecule has 0 aliphatic carbocycles. The van der Waals surface area contributed by atoms with Crippen LogP contribution in [0.3, 0.4) is 0 Å². The van der Waals surface area contributed by atoms with E-state index in [4.69, 9.17) is 16.9 Å². The van der Waals surface area contributed by atoms with Gasteiger partial charge in [-0.1, -0.05) is 18.6 Å².